The summed E-state index contributed by atoms with van der Waals surface area (Å²) >= 11 is 1.59. The SMILES string of the molecule is Cc1ccn(CCC(=O)NC2=NCCS2)n1. The van der Waals surface area contributed by atoms with E-state index in [1.54, 1.807) is 16.4 Å². The zero-order valence-electron chi connectivity index (χ0n) is 9.14. The molecule has 0 aromatic carbocycles. The van der Waals surface area contributed by atoms with Crippen molar-refractivity contribution in [3.8, 4) is 0 Å². The Balaban J connectivity index is 1.75. The van der Waals surface area contributed by atoms with Crippen LogP contribution in [0.1, 0.15) is 12.1 Å². The highest BCUT2D eigenvalue weighted by atomic mass is 32.2. The van der Waals surface area contributed by atoms with Gasteiger partial charge in [-0.2, -0.15) is 5.10 Å². The molecule has 0 saturated heterocycles. The molecule has 1 aliphatic rings. The third-order valence-corrected chi connectivity index (χ3v) is 3.07. The first-order valence-electron chi connectivity index (χ1n) is 5.21. The highest BCUT2D eigenvalue weighted by molar-refractivity contribution is 8.14. The minimum Gasteiger partial charge on any atom is -0.305 e. The fourth-order valence-corrected chi connectivity index (χ4v) is 2.14. The minimum absolute atomic E-state index is 0.00121. The molecular weight excluding hydrogens is 224 g/mol. The Morgan fingerprint density at radius 3 is 3.19 bits per heavy atom. The van der Waals surface area contributed by atoms with Crippen LogP contribution in [0.5, 0.6) is 0 Å². The van der Waals surface area contributed by atoms with Crippen molar-refractivity contribution in [2.24, 2.45) is 4.99 Å². The summed E-state index contributed by atoms with van der Waals surface area (Å²) < 4.78 is 1.78. The molecule has 1 aromatic heterocycles. The molecule has 0 aliphatic carbocycles. The van der Waals surface area contributed by atoms with Crippen molar-refractivity contribution >= 4 is 22.8 Å². The predicted molar refractivity (Wildman–Crippen MR) is 64.5 cm³/mol. The number of aliphatic imine (C=N–C) groups is 1. The van der Waals surface area contributed by atoms with E-state index in [0.29, 0.717) is 13.0 Å². The molecule has 2 rings (SSSR count). The Morgan fingerprint density at radius 2 is 2.56 bits per heavy atom. The van der Waals surface area contributed by atoms with Gasteiger partial charge in [0.2, 0.25) is 5.91 Å². The number of nitrogens with one attached hydrogen (secondary N) is 1. The van der Waals surface area contributed by atoms with Crippen LogP contribution in [0, 0.1) is 6.92 Å². The smallest absolute Gasteiger partial charge is 0.227 e. The zero-order valence-corrected chi connectivity index (χ0v) is 9.96. The number of rotatable bonds is 3. The Bertz CT molecular complexity index is 413. The summed E-state index contributed by atoms with van der Waals surface area (Å²) in [4.78, 5) is 15.7. The van der Waals surface area contributed by atoms with Gasteiger partial charge in [0.15, 0.2) is 5.17 Å². The van der Waals surface area contributed by atoms with Crippen molar-refractivity contribution in [1.82, 2.24) is 15.1 Å². The number of carbonyl (C=O) groups excluding carboxylic acids is 1. The summed E-state index contributed by atoms with van der Waals surface area (Å²) in [6.07, 6.45) is 2.31. The summed E-state index contributed by atoms with van der Waals surface area (Å²) in [5.74, 6) is 0.967. The second kappa shape index (κ2) is 5.16. The zero-order chi connectivity index (χ0) is 11.4. The molecule has 86 valence electrons. The molecule has 1 amide bonds. The molecule has 0 radical (unpaired) electrons. The van der Waals surface area contributed by atoms with Gasteiger partial charge in [0.1, 0.15) is 0 Å². The largest absolute Gasteiger partial charge is 0.305 e. The van der Waals surface area contributed by atoms with Crippen LogP contribution >= 0.6 is 11.8 Å². The lowest BCUT2D eigenvalue weighted by Crippen LogP contribution is -2.28. The van der Waals surface area contributed by atoms with Crippen LogP contribution in [0.25, 0.3) is 0 Å². The second-order valence-electron chi connectivity index (χ2n) is 3.55. The molecule has 2 heterocycles. The number of amides is 1. The highest BCUT2D eigenvalue weighted by Gasteiger charge is 2.10. The van der Waals surface area contributed by atoms with Crippen LogP contribution in [0.2, 0.25) is 0 Å². The molecule has 1 aliphatic heterocycles. The number of aromatic nitrogens is 2. The average Bonchev–Trinajstić information content (AvgIpc) is 2.87. The van der Waals surface area contributed by atoms with Gasteiger partial charge >= 0.3 is 0 Å². The van der Waals surface area contributed by atoms with Crippen molar-refractivity contribution < 1.29 is 4.79 Å². The maximum atomic E-state index is 11.5. The number of hydrogen-bond acceptors (Lipinski definition) is 4. The van der Waals surface area contributed by atoms with E-state index in [2.05, 4.69) is 15.4 Å². The molecule has 1 aromatic rings. The van der Waals surface area contributed by atoms with E-state index >= 15 is 0 Å². The molecule has 0 spiro atoms. The van der Waals surface area contributed by atoms with E-state index in [-0.39, 0.29) is 5.91 Å². The minimum atomic E-state index is 0.00121. The summed E-state index contributed by atoms with van der Waals surface area (Å²) in [5.41, 5.74) is 0.969. The van der Waals surface area contributed by atoms with Crippen molar-refractivity contribution in [1.29, 1.82) is 0 Å². The number of amidine groups is 1. The lowest BCUT2D eigenvalue weighted by molar-refractivity contribution is -0.119. The van der Waals surface area contributed by atoms with E-state index in [9.17, 15) is 4.79 Å². The molecule has 5 nitrogen and oxygen atoms in total. The van der Waals surface area contributed by atoms with E-state index in [1.165, 1.54) is 0 Å². The summed E-state index contributed by atoms with van der Waals surface area (Å²) in [7, 11) is 0. The predicted octanol–water partition coefficient (Wildman–Crippen LogP) is 0.801. The summed E-state index contributed by atoms with van der Waals surface area (Å²) in [5, 5.41) is 7.76. The molecular formula is C10H14N4OS. The molecule has 6 heteroatoms. The molecule has 0 saturated carbocycles. The lowest BCUT2D eigenvalue weighted by atomic mass is 10.4. The van der Waals surface area contributed by atoms with E-state index in [0.717, 1.165) is 23.2 Å². The first kappa shape index (κ1) is 11.2. The number of nitrogens with zero attached hydrogens (tertiary/aromatic N) is 3. The van der Waals surface area contributed by atoms with Gasteiger partial charge in [0.05, 0.1) is 12.2 Å². The summed E-state index contributed by atoms with van der Waals surface area (Å²) in [6.45, 7) is 3.34. The van der Waals surface area contributed by atoms with Gasteiger partial charge in [-0.05, 0) is 13.0 Å². The third kappa shape index (κ3) is 3.10. The summed E-state index contributed by atoms with van der Waals surface area (Å²) in [6, 6.07) is 1.93. The van der Waals surface area contributed by atoms with Gasteiger partial charge < -0.3 is 5.32 Å². The number of aryl methyl sites for hydroxylation is 2. The fourth-order valence-electron chi connectivity index (χ4n) is 1.40. The van der Waals surface area contributed by atoms with E-state index in [1.807, 2.05) is 19.2 Å². The first-order valence-corrected chi connectivity index (χ1v) is 6.20. The van der Waals surface area contributed by atoms with Crippen molar-refractivity contribution in [2.75, 3.05) is 12.3 Å². The standard InChI is InChI=1S/C10H14N4OS/c1-8-2-5-14(13-8)6-3-9(15)12-10-11-4-7-16-10/h2,5H,3-4,6-7H2,1H3,(H,11,12,15). The van der Waals surface area contributed by atoms with E-state index in [4.69, 9.17) is 0 Å². The monoisotopic (exact) mass is 238 g/mol. The van der Waals surface area contributed by atoms with Gasteiger partial charge in [0, 0.05) is 24.9 Å². The average molecular weight is 238 g/mol. The van der Waals surface area contributed by atoms with Gasteiger partial charge in [-0.25, -0.2) is 0 Å². The molecule has 0 bridgehead atoms. The van der Waals surface area contributed by atoms with E-state index < -0.39 is 0 Å². The fraction of sp³-hybridized carbons (Fsp3) is 0.500. The Morgan fingerprint density at radius 1 is 1.69 bits per heavy atom. The normalized spacial score (nSPS) is 14.9. The maximum absolute atomic E-state index is 11.5. The van der Waals surface area contributed by atoms with Gasteiger partial charge in [-0.3, -0.25) is 14.5 Å². The van der Waals surface area contributed by atoms with Crippen LogP contribution in [0.15, 0.2) is 17.3 Å². The van der Waals surface area contributed by atoms with Crippen molar-refractivity contribution in [2.45, 2.75) is 19.9 Å². The molecule has 0 fully saturated rings. The number of thioether (sulfide) groups is 1. The van der Waals surface area contributed by atoms with Crippen LogP contribution in [0.3, 0.4) is 0 Å². The quantitative estimate of drug-likeness (QED) is 0.847. The molecule has 0 atom stereocenters. The van der Waals surface area contributed by atoms with Gasteiger partial charge in [-0.15, -0.1) is 0 Å². The van der Waals surface area contributed by atoms with Gasteiger partial charge in [0.25, 0.3) is 0 Å². The maximum Gasteiger partial charge on any atom is 0.227 e. The lowest BCUT2D eigenvalue weighted by Gasteiger charge is -2.03. The van der Waals surface area contributed by atoms with Crippen LogP contribution < -0.4 is 5.32 Å². The molecule has 0 unspecified atom stereocenters. The van der Waals surface area contributed by atoms with Crippen LogP contribution in [-0.4, -0.2) is 33.2 Å². The second-order valence-corrected chi connectivity index (χ2v) is 4.64. The third-order valence-electron chi connectivity index (χ3n) is 2.17. The van der Waals surface area contributed by atoms with Crippen molar-refractivity contribution in [3.05, 3.63) is 18.0 Å². The topological polar surface area (TPSA) is 59.3 Å². The van der Waals surface area contributed by atoms with Crippen molar-refractivity contribution in [3.63, 3.8) is 0 Å². The highest BCUT2D eigenvalue weighted by Crippen LogP contribution is 2.08. The van der Waals surface area contributed by atoms with Crippen LogP contribution in [-0.2, 0) is 11.3 Å². The number of hydrogen-bond donors (Lipinski definition) is 1. The Labute approximate surface area is 98.3 Å². The van der Waals surface area contributed by atoms with Crippen LogP contribution in [0.4, 0.5) is 0 Å². The molecule has 1 N–H and O–H groups in total. The molecule has 16 heavy (non-hydrogen) atoms. The Kier molecular flexibility index (Phi) is 3.61. The Hall–Kier alpha value is -1.30. The van der Waals surface area contributed by atoms with Gasteiger partial charge in [-0.1, -0.05) is 11.8 Å². The first-order chi connectivity index (χ1) is 7.74. The number of carbonyl (C=O) groups is 1.